The molecule has 0 atom stereocenters. The van der Waals surface area contributed by atoms with Crippen LogP contribution >= 0.6 is 11.8 Å². The number of hydrogen-bond acceptors (Lipinski definition) is 5. The maximum absolute atomic E-state index is 12.1. The van der Waals surface area contributed by atoms with Crippen LogP contribution in [-0.4, -0.2) is 28.4 Å². The molecule has 2 rings (SSSR count). The quantitative estimate of drug-likeness (QED) is 0.578. The number of hydrogen-bond donors (Lipinski definition) is 3. The number of carbonyl (C=O) groups excluding carboxylic acids is 1. The summed E-state index contributed by atoms with van der Waals surface area (Å²) in [5.41, 5.74) is 2.85. The molecule has 104 valence electrons. The van der Waals surface area contributed by atoms with Crippen LogP contribution < -0.4 is 16.6 Å². The van der Waals surface area contributed by atoms with Crippen molar-refractivity contribution in [2.75, 3.05) is 11.7 Å². The Hall–Kier alpha value is -1.27. The standard InChI is InChI=1S/C13H20N4OS/c1-19-10-7-5-9(6-8-10)15-13(18)11-3-2-4-12(16-11)17-14/h2-4,9-10H,5-8,14H2,1H3,(H,15,18)(H,16,17). The van der Waals surface area contributed by atoms with Crippen molar-refractivity contribution in [2.24, 2.45) is 5.84 Å². The first-order chi connectivity index (χ1) is 9.22. The van der Waals surface area contributed by atoms with E-state index in [-0.39, 0.29) is 11.9 Å². The van der Waals surface area contributed by atoms with E-state index >= 15 is 0 Å². The summed E-state index contributed by atoms with van der Waals surface area (Å²) < 4.78 is 0. The van der Waals surface area contributed by atoms with Crippen molar-refractivity contribution in [2.45, 2.75) is 37.0 Å². The molecule has 0 bridgehead atoms. The molecular weight excluding hydrogens is 260 g/mol. The third kappa shape index (κ3) is 3.84. The first-order valence-electron chi connectivity index (χ1n) is 6.50. The largest absolute Gasteiger partial charge is 0.348 e. The molecule has 0 saturated heterocycles. The van der Waals surface area contributed by atoms with Crippen molar-refractivity contribution in [3.8, 4) is 0 Å². The summed E-state index contributed by atoms with van der Waals surface area (Å²) in [5.74, 6) is 5.67. The Morgan fingerprint density at radius 3 is 2.74 bits per heavy atom. The Morgan fingerprint density at radius 2 is 2.11 bits per heavy atom. The minimum Gasteiger partial charge on any atom is -0.348 e. The van der Waals surface area contributed by atoms with Gasteiger partial charge in [-0.1, -0.05) is 6.07 Å². The van der Waals surface area contributed by atoms with Crippen molar-refractivity contribution in [3.63, 3.8) is 0 Å². The van der Waals surface area contributed by atoms with E-state index in [0.717, 1.165) is 18.1 Å². The Morgan fingerprint density at radius 1 is 1.37 bits per heavy atom. The monoisotopic (exact) mass is 280 g/mol. The van der Waals surface area contributed by atoms with Gasteiger partial charge in [-0.05, 0) is 44.1 Å². The molecule has 0 aliphatic heterocycles. The number of hydrazine groups is 1. The van der Waals surface area contributed by atoms with Gasteiger partial charge in [0.1, 0.15) is 11.5 Å². The second-order valence-corrected chi connectivity index (χ2v) is 5.87. The summed E-state index contributed by atoms with van der Waals surface area (Å²) in [7, 11) is 0. The van der Waals surface area contributed by atoms with E-state index in [1.165, 1.54) is 12.8 Å². The SMILES string of the molecule is CSC1CCC(NC(=O)c2cccc(NN)n2)CC1. The molecular formula is C13H20N4OS. The molecule has 19 heavy (non-hydrogen) atoms. The van der Waals surface area contributed by atoms with Crippen molar-refractivity contribution < 1.29 is 4.79 Å². The number of nitrogen functional groups attached to an aromatic ring is 1. The number of carbonyl (C=O) groups is 1. The molecule has 1 aromatic rings. The maximum atomic E-state index is 12.1. The molecule has 0 spiro atoms. The summed E-state index contributed by atoms with van der Waals surface area (Å²) in [5, 5.41) is 3.80. The second-order valence-electron chi connectivity index (χ2n) is 4.74. The minimum absolute atomic E-state index is 0.121. The first kappa shape index (κ1) is 14.1. The third-order valence-corrected chi connectivity index (χ3v) is 4.61. The van der Waals surface area contributed by atoms with Crippen LogP contribution in [0, 0.1) is 0 Å². The smallest absolute Gasteiger partial charge is 0.270 e. The zero-order valence-electron chi connectivity index (χ0n) is 11.1. The van der Waals surface area contributed by atoms with Crippen LogP contribution in [0.15, 0.2) is 18.2 Å². The molecule has 6 heteroatoms. The number of amides is 1. The second kappa shape index (κ2) is 6.77. The lowest BCUT2D eigenvalue weighted by atomic mass is 9.95. The Bertz CT molecular complexity index is 432. The lowest BCUT2D eigenvalue weighted by Gasteiger charge is -2.27. The van der Waals surface area contributed by atoms with Crippen LogP contribution in [0.5, 0.6) is 0 Å². The lowest BCUT2D eigenvalue weighted by Crippen LogP contribution is -2.38. The van der Waals surface area contributed by atoms with Gasteiger partial charge in [0.15, 0.2) is 0 Å². The van der Waals surface area contributed by atoms with Gasteiger partial charge in [-0.15, -0.1) is 0 Å². The van der Waals surface area contributed by atoms with E-state index in [2.05, 4.69) is 22.0 Å². The van der Waals surface area contributed by atoms with Gasteiger partial charge in [0, 0.05) is 11.3 Å². The molecule has 1 saturated carbocycles. The van der Waals surface area contributed by atoms with E-state index in [1.54, 1.807) is 18.2 Å². The van der Waals surface area contributed by atoms with E-state index < -0.39 is 0 Å². The molecule has 1 aliphatic rings. The Balaban J connectivity index is 1.90. The predicted octanol–water partition coefficient (Wildman–Crippen LogP) is 1.77. The molecule has 1 heterocycles. The van der Waals surface area contributed by atoms with Gasteiger partial charge in [-0.3, -0.25) is 4.79 Å². The number of thioether (sulfide) groups is 1. The molecule has 1 amide bonds. The molecule has 0 radical (unpaired) electrons. The number of nitrogens with zero attached hydrogens (tertiary/aromatic N) is 1. The Kier molecular flexibility index (Phi) is 5.04. The van der Waals surface area contributed by atoms with Gasteiger partial charge in [0.25, 0.3) is 5.91 Å². The summed E-state index contributed by atoms with van der Waals surface area (Å²) in [6.07, 6.45) is 6.59. The average Bonchev–Trinajstić information content (AvgIpc) is 2.48. The highest BCUT2D eigenvalue weighted by molar-refractivity contribution is 7.99. The zero-order chi connectivity index (χ0) is 13.7. The average molecular weight is 280 g/mol. The lowest BCUT2D eigenvalue weighted by molar-refractivity contribution is 0.0923. The fourth-order valence-electron chi connectivity index (χ4n) is 2.34. The van der Waals surface area contributed by atoms with Crippen LogP contribution in [0.1, 0.15) is 36.2 Å². The van der Waals surface area contributed by atoms with E-state index in [1.807, 2.05) is 11.8 Å². The van der Waals surface area contributed by atoms with Gasteiger partial charge < -0.3 is 10.7 Å². The van der Waals surface area contributed by atoms with Crippen LogP contribution in [0.4, 0.5) is 5.82 Å². The van der Waals surface area contributed by atoms with E-state index in [4.69, 9.17) is 5.84 Å². The van der Waals surface area contributed by atoms with Gasteiger partial charge in [0.05, 0.1) is 0 Å². The highest BCUT2D eigenvalue weighted by Gasteiger charge is 2.22. The van der Waals surface area contributed by atoms with Gasteiger partial charge in [-0.2, -0.15) is 11.8 Å². The minimum atomic E-state index is -0.121. The highest BCUT2D eigenvalue weighted by Crippen LogP contribution is 2.26. The number of aromatic nitrogens is 1. The van der Waals surface area contributed by atoms with Crippen molar-refractivity contribution in [1.29, 1.82) is 0 Å². The van der Waals surface area contributed by atoms with Crippen molar-refractivity contribution in [3.05, 3.63) is 23.9 Å². The van der Waals surface area contributed by atoms with Gasteiger partial charge in [0.2, 0.25) is 0 Å². The number of nitrogens with two attached hydrogens (primary N) is 1. The molecule has 1 aliphatic carbocycles. The normalized spacial score (nSPS) is 22.8. The third-order valence-electron chi connectivity index (χ3n) is 3.47. The zero-order valence-corrected chi connectivity index (χ0v) is 11.9. The molecule has 4 N–H and O–H groups in total. The van der Waals surface area contributed by atoms with Crippen molar-refractivity contribution >= 4 is 23.5 Å². The summed E-state index contributed by atoms with van der Waals surface area (Å²) in [6, 6.07) is 5.46. The molecule has 0 aromatic carbocycles. The maximum Gasteiger partial charge on any atom is 0.270 e. The molecule has 0 unspecified atom stereocenters. The van der Waals surface area contributed by atoms with Gasteiger partial charge in [-0.25, -0.2) is 10.8 Å². The van der Waals surface area contributed by atoms with Crippen LogP contribution in [0.2, 0.25) is 0 Å². The van der Waals surface area contributed by atoms with Crippen LogP contribution in [0.25, 0.3) is 0 Å². The molecule has 5 nitrogen and oxygen atoms in total. The van der Waals surface area contributed by atoms with E-state index in [9.17, 15) is 4.79 Å². The fraction of sp³-hybridized carbons (Fsp3) is 0.538. The summed E-state index contributed by atoms with van der Waals surface area (Å²) in [4.78, 5) is 16.2. The highest BCUT2D eigenvalue weighted by atomic mass is 32.2. The topological polar surface area (TPSA) is 80.0 Å². The van der Waals surface area contributed by atoms with Gasteiger partial charge >= 0.3 is 0 Å². The van der Waals surface area contributed by atoms with Crippen LogP contribution in [-0.2, 0) is 0 Å². The fourth-order valence-corrected chi connectivity index (χ4v) is 3.09. The first-order valence-corrected chi connectivity index (χ1v) is 7.79. The summed E-state index contributed by atoms with van der Waals surface area (Å²) >= 11 is 1.92. The van der Waals surface area contributed by atoms with Crippen LogP contribution in [0.3, 0.4) is 0 Å². The number of nitrogens with one attached hydrogen (secondary N) is 2. The van der Waals surface area contributed by atoms with Crippen molar-refractivity contribution in [1.82, 2.24) is 10.3 Å². The Labute approximate surface area is 117 Å². The molecule has 1 fully saturated rings. The number of pyridine rings is 1. The van der Waals surface area contributed by atoms with E-state index in [0.29, 0.717) is 11.5 Å². The predicted molar refractivity (Wildman–Crippen MR) is 79.1 cm³/mol. The molecule has 1 aromatic heterocycles. The number of anilines is 1. The summed E-state index contributed by atoms with van der Waals surface area (Å²) in [6.45, 7) is 0. The number of rotatable bonds is 4.